The fourth-order valence-corrected chi connectivity index (χ4v) is 4.66. The molecule has 0 spiro atoms. The number of benzene rings is 1. The summed E-state index contributed by atoms with van der Waals surface area (Å²) >= 11 is 4.43. The number of fused-ring (bicyclic) bond motifs is 1. The average Bonchev–Trinajstić information content (AvgIpc) is 3.20. The summed E-state index contributed by atoms with van der Waals surface area (Å²) in [5, 5.41) is 4.80. The molecule has 34 heavy (non-hydrogen) atoms. The maximum atomic E-state index is 4.88. The van der Waals surface area contributed by atoms with Crippen LogP contribution >= 0.6 is 12.6 Å². The lowest BCUT2D eigenvalue weighted by Gasteiger charge is -2.29. The number of aromatic nitrogens is 4. The van der Waals surface area contributed by atoms with Crippen LogP contribution in [0.5, 0.6) is 0 Å². The molecule has 1 aliphatic rings. The molecule has 6 nitrogen and oxygen atoms in total. The summed E-state index contributed by atoms with van der Waals surface area (Å²) in [6.07, 6.45) is 12.4. The number of nitrogens with one attached hydrogen (secondary N) is 2. The molecule has 1 fully saturated rings. The molecule has 1 unspecified atom stereocenters. The van der Waals surface area contributed by atoms with Gasteiger partial charge in [-0.25, -0.2) is 9.97 Å². The van der Waals surface area contributed by atoms with Gasteiger partial charge in [0.1, 0.15) is 5.69 Å². The van der Waals surface area contributed by atoms with Crippen LogP contribution in [0.2, 0.25) is 0 Å². The van der Waals surface area contributed by atoms with Crippen molar-refractivity contribution in [1.82, 2.24) is 19.9 Å². The van der Waals surface area contributed by atoms with Crippen LogP contribution in [-0.2, 0) is 6.42 Å². The van der Waals surface area contributed by atoms with Gasteiger partial charge in [-0.15, -0.1) is 12.6 Å². The topological polar surface area (TPSA) is 78.9 Å². The second-order valence-electron chi connectivity index (χ2n) is 9.13. The number of aromatic amines is 1. The number of hydrogen-bond acceptors (Lipinski definition) is 6. The maximum absolute atomic E-state index is 4.88. The van der Waals surface area contributed by atoms with Crippen LogP contribution in [0.25, 0.3) is 22.3 Å². The molecule has 1 aromatic carbocycles. The van der Waals surface area contributed by atoms with Crippen LogP contribution in [0.3, 0.4) is 0 Å². The van der Waals surface area contributed by atoms with Crippen LogP contribution in [0.4, 0.5) is 11.5 Å². The maximum Gasteiger partial charge on any atom is 0.163 e. The van der Waals surface area contributed by atoms with Gasteiger partial charge in [-0.1, -0.05) is 31.5 Å². The van der Waals surface area contributed by atoms with E-state index in [1.165, 1.54) is 30.2 Å². The molecule has 1 aliphatic carbocycles. The standard InChI is InChI=1S/C27H30N6S/c1-17(19-6-5-7-19)13-31-25-18(2)32-26(21-12-22(34)16-28-14-21)33-27(25)29-11-10-20-15-30-24-9-4-3-8-23(20)24/h3-4,8-9,12-17,19,30,34H,5-7,10-11H2,1-2H3,(H,29,32,33). The van der Waals surface area contributed by atoms with Crippen molar-refractivity contribution in [3.63, 3.8) is 0 Å². The first-order valence-electron chi connectivity index (χ1n) is 11.9. The van der Waals surface area contributed by atoms with Gasteiger partial charge in [-0.3, -0.25) is 9.98 Å². The molecule has 3 aromatic heterocycles. The van der Waals surface area contributed by atoms with E-state index < -0.39 is 0 Å². The van der Waals surface area contributed by atoms with E-state index in [1.54, 1.807) is 12.4 Å². The second kappa shape index (κ2) is 9.97. The van der Waals surface area contributed by atoms with Crippen molar-refractivity contribution in [3.05, 3.63) is 60.2 Å². The number of aliphatic imine (C=N–C) groups is 1. The van der Waals surface area contributed by atoms with Crippen molar-refractivity contribution in [2.75, 3.05) is 11.9 Å². The molecule has 0 amide bonds. The second-order valence-corrected chi connectivity index (χ2v) is 9.64. The van der Waals surface area contributed by atoms with Gasteiger partial charge in [0, 0.05) is 52.7 Å². The normalized spacial score (nSPS) is 15.0. The highest BCUT2D eigenvalue weighted by atomic mass is 32.1. The third kappa shape index (κ3) is 4.85. The number of H-pyrrole nitrogens is 1. The molecule has 174 valence electrons. The Morgan fingerprint density at radius 2 is 2.09 bits per heavy atom. The Hall–Kier alpha value is -3.19. The van der Waals surface area contributed by atoms with Gasteiger partial charge >= 0.3 is 0 Å². The van der Waals surface area contributed by atoms with Gasteiger partial charge in [0.25, 0.3) is 0 Å². The lowest BCUT2D eigenvalue weighted by Crippen LogP contribution is -2.20. The molecular weight excluding hydrogens is 440 g/mol. The first-order valence-corrected chi connectivity index (χ1v) is 12.4. The first-order chi connectivity index (χ1) is 16.6. The zero-order valence-corrected chi connectivity index (χ0v) is 20.5. The Balaban J connectivity index is 1.42. The van der Waals surface area contributed by atoms with Crippen LogP contribution < -0.4 is 5.32 Å². The Morgan fingerprint density at radius 1 is 1.24 bits per heavy atom. The van der Waals surface area contributed by atoms with Crippen LogP contribution in [0.1, 0.15) is 37.4 Å². The molecule has 4 aromatic rings. The molecule has 3 heterocycles. The summed E-state index contributed by atoms with van der Waals surface area (Å²) in [6.45, 7) is 4.99. The summed E-state index contributed by atoms with van der Waals surface area (Å²) < 4.78 is 0. The van der Waals surface area contributed by atoms with E-state index in [4.69, 9.17) is 15.0 Å². The van der Waals surface area contributed by atoms with Gasteiger partial charge in [-0.2, -0.15) is 0 Å². The van der Waals surface area contributed by atoms with E-state index in [0.29, 0.717) is 11.7 Å². The lowest BCUT2D eigenvalue weighted by atomic mass is 9.77. The van der Waals surface area contributed by atoms with Crippen molar-refractivity contribution >= 4 is 41.3 Å². The number of anilines is 1. The minimum Gasteiger partial charge on any atom is -0.368 e. The molecule has 7 heteroatoms. The Kier molecular flexibility index (Phi) is 6.63. The van der Waals surface area contributed by atoms with Gasteiger partial charge in [0.05, 0.1) is 5.69 Å². The first kappa shape index (κ1) is 22.6. The highest BCUT2D eigenvalue weighted by Gasteiger charge is 2.23. The predicted octanol–water partition coefficient (Wildman–Crippen LogP) is 6.41. The summed E-state index contributed by atoms with van der Waals surface area (Å²) in [4.78, 5) is 22.9. The van der Waals surface area contributed by atoms with Gasteiger partial charge in [0.2, 0.25) is 0 Å². The third-order valence-electron chi connectivity index (χ3n) is 6.73. The van der Waals surface area contributed by atoms with Crippen molar-refractivity contribution in [3.8, 4) is 11.4 Å². The lowest BCUT2D eigenvalue weighted by molar-refractivity contribution is 0.270. The SMILES string of the molecule is Cc1nc(-c2cncc(S)c2)nc(NCCc2c[nH]c3ccccc23)c1N=CC(C)C1CCC1. The molecule has 0 saturated heterocycles. The van der Waals surface area contributed by atoms with Crippen molar-refractivity contribution < 1.29 is 0 Å². The van der Waals surface area contributed by atoms with Crippen molar-refractivity contribution in [1.29, 1.82) is 0 Å². The fraction of sp³-hybridized carbons (Fsp3) is 0.333. The van der Waals surface area contributed by atoms with Gasteiger partial charge in [0.15, 0.2) is 11.6 Å². The summed E-state index contributed by atoms with van der Waals surface area (Å²) in [6, 6.07) is 10.3. The molecular formula is C27H30N6S. The number of pyridine rings is 1. The minimum absolute atomic E-state index is 0.456. The summed E-state index contributed by atoms with van der Waals surface area (Å²) in [5.41, 5.74) is 4.94. The number of thiol groups is 1. The number of hydrogen-bond donors (Lipinski definition) is 3. The van der Waals surface area contributed by atoms with Gasteiger partial charge < -0.3 is 10.3 Å². The van der Waals surface area contributed by atoms with Crippen LogP contribution in [0.15, 0.2) is 58.8 Å². The van der Waals surface area contributed by atoms with E-state index in [-0.39, 0.29) is 0 Å². The number of aryl methyl sites for hydroxylation is 1. The number of nitrogens with zero attached hydrogens (tertiary/aromatic N) is 4. The third-order valence-corrected chi connectivity index (χ3v) is 6.98. The molecule has 0 aliphatic heterocycles. The molecule has 2 N–H and O–H groups in total. The van der Waals surface area contributed by atoms with Crippen molar-refractivity contribution in [2.24, 2.45) is 16.8 Å². The molecule has 1 atom stereocenters. The van der Waals surface area contributed by atoms with E-state index in [1.807, 2.05) is 13.0 Å². The Morgan fingerprint density at radius 3 is 2.88 bits per heavy atom. The van der Waals surface area contributed by atoms with E-state index >= 15 is 0 Å². The predicted molar refractivity (Wildman–Crippen MR) is 142 cm³/mol. The Labute approximate surface area is 205 Å². The van der Waals surface area contributed by atoms with Crippen LogP contribution in [-0.4, -0.2) is 32.7 Å². The highest BCUT2D eigenvalue weighted by molar-refractivity contribution is 7.80. The quantitative estimate of drug-likeness (QED) is 0.205. The fourth-order valence-electron chi connectivity index (χ4n) is 4.46. The molecule has 5 rings (SSSR count). The molecule has 1 saturated carbocycles. The molecule has 0 bridgehead atoms. The van der Waals surface area contributed by atoms with Crippen molar-refractivity contribution in [2.45, 2.75) is 44.4 Å². The zero-order chi connectivity index (χ0) is 23.5. The largest absolute Gasteiger partial charge is 0.368 e. The Bertz CT molecular complexity index is 1320. The van der Waals surface area contributed by atoms with E-state index in [0.717, 1.165) is 52.1 Å². The summed E-state index contributed by atoms with van der Waals surface area (Å²) in [5.74, 6) is 2.58. The van der Waals surface area contributed by atoms with E-state index in [9.17, 15) is 0 Å². The molecule has 0 radical (unpaired) electrons. The summed E-state index contributed by atoms with van der Waals surface area (Å²) in [7, 11) is 0. The van der Waals surface area contributed by atoms with Gasteiger partial charge in [-0.05, 0) is 55.7 Å². The monoisotopic (exact) mass is 470 g/mol. The smallest absolute Gasteiger partial charge is 0.163 e. The number of rotatable bonds is 8. The minimum atomic E-state index is 0.456. The van der Waals surface area contributed by atoms with E-state index in [2.05, 4.69) is 71.5 Å². The zero-order valence-electron chi connectivity index (χ0n) is 19.6. The average molecular weight is 471 g/mol. The van der Waals surface area contributed by atoms with Crippen LogP contribution in [0, 0.1) is 18.8 Å². The highest BCUT2D eigenvalue weighted by Crippen LogP contribution is 2.34. The number of para-hydroxylation sites is 1.